The highest BCUT2D eigenvalue weighted by Crippen LogP contribution is 2.39. The van der Waals surface area contributed by atoms with Crippen LogP contribution in [0.1, 0.15) is 38.1 Å². The topological polar surface area (TPSA) is 170 Å². The molecule has 2 amide bonds. The molecular formula is C27H23Cl3F3N5O8S. The zero-order valence-electron chi connectivity index (χ0n) is 24.2. The number of sulfonamides is 1. The van der Waals surface area contributed by atoms with E-state index in [-0.39, 0.29) is 48.3 Å². The van der Waals surface area contributed by atoms with Crippen LogP contribution in [0.2, 0.25) is 15.1 Å². The average molecular weight is 741 g/mol. The van der Waals surface area contributed by atoms with E-state index in [1.807, 2.05) is 0 Å². The lowest BCUT2D eigenvalue weighted by atomic mass is 9.93. The first-order valence-corrected chi connectivity index (χ1v) is 16.3. The van der Waals surface area contributed by atoms with Crippen LogP contribution in [-0.2, 0) is 24.4 Å². The maximum absolute atomic E-state index is 14.3. The van der Waals surface area contributed by atoms with Gasteiger partial charge in [0.1, 0.15) is 17.4 Å². The lowest BCUT2D eigenvalue weighted by molar-refractivity contribution is -0.139. The Morgan fingerprint density at radius 2 is 1.60 bits per heavy atom. The van der Waals surface area contributed by atoms with Gasteiger partial charge >= 0.3 is 18.2 Å². The predicted molar refractivity (Wildman–Crippen MR) is 165 cm³/mol. The van der Waals surface area contributed by atoms with Crippen molar-refractivity contribution in [2.45, 2.75) is 39.2 Å². The molecule has 13 nitrogen and oxygen atoms in total. The van der Waals surface area contributed by atoms with Gasteiger partial charge in [0.2, 0.25) is 10.0 Å². The van der Waals surface area contributed by atoms with Crippen molar-refractivity contribution in [2.75, 3.05) is 22.5 Å². The molecule has 2 heterocycles. The largest absolute Gasteiger partial charge is 0.480 e. The van der Waals surface area contributed by atoms with Gasteiger partial charge in [0.05, 0.1) is 38.4 Å². The Kier molecular flexibility index (Phi) is 10.6. The lowest BCUT2D eigenvalue weighted by Gasteiger charge is -2.17. The first-order chi connectivity index (χ1) is 21.9. The predicted octanol–water partition coefficient (Wildman–Crippen LogP) is 5.10. The Bertz CT molecular complexity index is 1970. The van der Waals surface area contributed by atoms with Gasteiger partial charge in [0.15, 0.2) is 6.61 Å². The summed E-state index contributed by atoms with van der Waals surface area (Å²) in [5, 5.41) is 12.1. The molecule has 0 fully saturated rings. The van der Waals surface area contributed by atoms with Crippen molar-refractivity contribution in [3.63, 3.8) is 0 Å². The van der Waals surface area contributed by atoms with Gasteiger partial charge in [-0.3, -0.25) is 14.3 Å². The van der Waals surface area contributed by atoms with Gasteiger partial charge in [0.25, 0.3) is 11.8 Å². The number of benzene rings is 2. The zero-order valence-corrected chi connectivity index (χ0v) is 27.3. The molecule has 0 spiro atoms. The van der Waals surface area contributed by atoms with Crippen LogP contribution in [-0.4, -0.2) is 58.5 Å². The standard InChI is InChI=1S/C16H13ClFNO5.C11H10Cl2F2N4O3S/c17-10-5-11(18)12(6-13(10)24-7-14(20)21)19-15(22)8-3-1-2-4-9(8)16(19)23;1-5-16-19(11(20)18(5)10(14)15)9-4-8(17-23(2,21)22)6(12)3-7(9)13/h5-6H,1-4,7H2,(H,20,21);3-4,10,17H,1-2H3. The van der Waals surface area contributed by atoms with E-state index < -0.39 is 52.5 Å². The number of halogens is 6. The molecule has 2 aromatic carbocycles. The van der Waals surface area contributed by atoms with E-state index in [4.69, 9.17) is 44.6 Å². The molecule has 5 rings (SSSR count). The number of nitrogens with one attached hydrogen (secondary N) is 1. The lowest BCUT2D eigenvalue weighted by Crippen LogP contribution is -2.32. The Labute approximate surface area is 279 Å². The summed E-state index contributed by atoms with van der Waals surface area (Å²) in [6, 6.07) is 4.28. The number of aromatic nitrogens is 3. The molecule has 1 aliphatic carbocycles. The summed E-state index contributed by atoms with van der Waals surface area (Å²) in [7, 11) is -3.65. The molecule has 0 unspecified atom stereocenters. The number of ether oxygens (including phenoxy) is 1. The highest BCUT2D eigenvalue weighted by molar-refractivity contribution is 7.92. The van der Waals surface area contributed by atoms with Crippen LogP contribution < -0.4 is 20.0 Å². The van der Waals surface area contributed by atoms with Crippen molar-refractivity contribution >= 4 is 74.0 Å². The number of carboxylic acid groups (broad SMARTS) is 1. The minimum Gasteiger partial charge on any atom is -0.480 e. The monoisotopic (exact) mass is 739 g/mol. The van der Waals surface area contributed by atoms with E-state index in [1.165, 1.54) is 13.0 Å². The van der Waals surface area contributed by atoms with Gasteiger partial charge in [-0.2, -0.15) is 13.5 Å². The minimum absolute atomic E-state index is 0.0257. The van der Waals surface area contributed by atoms with Crippen LogP contribution in [0.15, 0.2) is 40.2 Å². The Hall–Kier alpha value is -4.06. The highest BCUT2D eigenvalue weighted by atomic mass is 35.5. The van der Waals surface area contributed by atoms with Crippen LogP contribution in [0.3, 0.4) is 0 Å². The summed E-state index contributed by atoms with van der Waals surface area (Å²) in [5.41, 5.74) is -0.710. The summed E-state index contributed by atoms with van der Waals surface area (Å²) >= 11 is 17.7. The molecular weight excluding hydrogens is 718 g/mol. The minimum atomic E-state index is -3.65. The van der Waals surface area contributed by atoms with E-state index in [9.17, 15) is 40.8 Å². The van der Waals surface area contributed by atoms with Crippen molar-refractivity contribution in [1.29, 1.82) is 0 Å². The third-order valence-electron chi connectivity index (χ3n) is 6.72. The fraction of sp³-hybridized carbons (Fsp3) is 0.296. The molecule has 252 valence electrons. The van der Waals surface area contributed by atoms with Gasteiger partial charge in [0, 0.05) is 17.2 Å². The molecule has 1 aromatic heterocycles. The van der Waals surface area contributed by atoms with E-state index in [2.05, 4.69) is 9.82 Å². The summed E-state index contributed by atoms with van der Waals surface area (Å²) in [6.07, 6.45) is 3.50. The van der Waals surface area contributed by atoms with Crippen LogP contribution in [0, 0.1) is 12.7 Å². The number of aliphatic carboxylic acids is 1. The van der Waals surface area contributed by atoms with Crippen LogP contribution in [0.4, 0.5) is 24.5 Å². The molecule has 3 aromatic rings. The van der Waals surface area contributed by atoms with Crippen molar-refractivity contribution < 1.29 is 45.8 Å². The Morgan fingerprint density at radius 1 is 1.00 bits per heavy atom. The maximum atomic E-state index is 14.3. The number of carbonyl (C=O) groups is 3. The van der Waals surface area contributed by atoms with Gasteiger partial charge in [-0.25, -0.2) is 31.9 Å². The molecule has 0 saturated heterocycles. The first-order valence-electron chi connectivity index (χ1n) is 13.3. The van der Waals surface area contributed by atoms with Crippen molar-refractivity contribution in [3.05, 3.63) is 72.6 Å². The van der Waals surface area contributed by atoms with Gasteiger partial charge in [-0.05, 0) is 50.8 Å². The normalized spacial score (nSPS) is 14.7. The smallest absolute Gasteiger partial charge is 0.355 e. The van der Waals surface area contributed by atoms with Gasteiger partial charge < -0.3 is 9.84 Å². The molecule has 47 heavy (non-hydrogen) atoms. The number of carboxylic acids is 1. The van der Waals surface area contributed by atoms with E-state index in [0.29, 0.717) is 28.7 Å². The van der Waals surface area contributed by atoms with E-state index in [0.717, 1.165) is 42.2 Å². The molecule has 0 radical (unpaired) electrons. The van der Waals surface area contributed by atoms with Crippen molar-refractivity contribution in [2.24, 2.45) is 0 Å². The number of rotatable bonds is 8. The number of imide groups is 1. The quantitative estimate of drug-likeness (QED) is 0.298. The van der Waals surface area contributed by atoms with E-state index >= 15 is 0 Å². The summed E-state index contributed by atoms with van der Waals surface area (Å²) in [4.78, 5) is 48.3. The van der Waals surface area contributed by atoms with Crippen molar-refractivity contribution in [3.8, 4) is 11.4 Å². The van der Waals surface area contributed by atoms with Crippen molar-refractivity contribution in [1.82, 2.24) is 14.3 Å². The second kappa shape index (κ2) is 14.0. The second-order valence-electron chi connectivity index (χ2n) is 10.1. The number of hydrogen-bond donors (Lipinski definition) is 2. The number of alkyl halides is 2. The average Bonchev–Trinajstić information content (AvgIpc) is 3.40. The molecule has 0 bridgehead atoms. The molecule has 2 aliphatic rings. The summed E-state index contributed by atoms with van der Waals surface area (Å²) in [6.45, 7) is -2.53. The number of amides is 2. The fourth-order valence-corrected chi connectivity index (χ4v) is 6.07. The second-order valence-corrected chi connectivity index (χ2v) is 13.0. The summed E-state index contributed by atoms with van der Waals surface area (Å²) < 4.78 is 70.5. The van der Waals surface area contributed by atoms with E-state index in [1.54, 1.807) is 0 Å². The zero-order chi connectivity index (χ0) is 35.0. The third kappa shape index (κ3) is 7.75. The fourth-order valence-electron chi connectivity index (χ4n) is 4.73. The Morgan fingerprint density at radius 3 is 2.11 bits per heavy atom. The van der Waals surface area contributed by atoms with Crippen LogP contribution in [0.25, 0.3) is 5.69 Å². The number of hydrogen-bond acceptors (Lipinski definition) is 8. The first kappa shape index (κ1) is 35.8. The Balaban J connectivity index is 0.000000213. The SMILES string of the molecule is Cc1nn(-c2cc(NS(C)(=O)=O)c(Cl)cc2Cl)c(=O)n1C(F)F.O=C(O)COc1cc(N2C(=O)C3=C(CCCC3)C2=O)c(F)cc1Cl. The molecule has 20 heteroatoms. The third-order valence-corrected chi connectivity index (χ3v) is 8.22. The summed E-state index contributed by atoms with van der Waals surface area (Å²) in [5.74, 6) is -3.51. The number of aryl methyl sites for hydroxylation is 1. The molecule has 2 N–H and O–H groups in total. The molecule has 0 saturated carbocycles. The maximum Gasteiger partial charge on any atom is 0.355 e. The van der Waals surface area contributed by atoms with Crippen LogP contribution >= 0.6 is 34.8 Å². The number of carbonyl (C=O) groups excluding carboxylic acids is 2. The van der Waals surface area contributed by atoms with Gasteiger partial charge in [-0.1, -0.05) is 34.8 Å². The van der Waals surface area contributed by atoms with Gasteiger partial charge in [-0.15, -0.1) is 5.10 Å². The van der Waals surface area contributed by atoms with Crippen LogP contribution in [0.5, 0.6) is 5.75 Å². The number of nitrogens with zero attached hydrogens (tertiary/aromatic N) is 4. The molecule has 0 atom stereocenters. The highest BCUT2D eigenvalue weighted by Gasteiger charge is 2.41. The number of anilines is 2. The molecule has 1 aliphatic heterocycles.